The van der Waals surface area contributed by atoms with E-state index in [4.69, 9.17) is 11.0 Å². The minimum atomic E-state index is -1.44. The third kappa shape index (κ3) is 8.33. The molecule has 7 aromatic rings. The number of aryl methyl sites for hydroxylation is 1. The summed E-state index contributed by atoms with van der Waals surface area (Å²) < 4.78 is 12.0. The van der Waals surface area contributed by atoms with Gasteiger partial charge in [-0.1, -0.05) is 141 Å². The highest BCUT2D eigenvalue weighted by Gasteiger charge is 2.42. The Morgan fingerprint density at radius 1 is 0.812 bits per heavy atom. The lowest BCUT2D eigenvalue weighted by Gasteiger charge is -2.44. The minimum absolute atomic E-state index is 0.0286. The second kappa shape index (κ2) is 18.0. The molecule has 0 bridgehead atoms. The molecule has 0 saturated heterocycles. The van der Waals surface area contributed by atoms with E-state index in [1.165, 1.54) is 61.5 Å². The van der Waals surface area contributed by atoms with Crippen molar-refractivity contribution >= 4 is 41.0 Å². The molecule has 0 fully saturated rings. The van der Waals surface area contributed by atoms with Crippen LogP contribution in [0.1, 0.15) is 89.8 Å². The number of fused-ring (bicyclic) bond motifs is 8. The Morgan fingerprint density at radius 2 is 1.47 bits per heavy atom. The van der Waals surface area contributed by atoms with E-state index in [1.54, 1.807) is 0 Å². The molecule has 0 spiro atoms. The summed E-state index contributed by atoms with van der Waals surface area (Å²) in [5.41, 5.74) is 15.2. The van der Waals surface area contributed by atoms with Gasteiger partial charge >= 0.3 is 0 Å². The molecule has 1 aliphatic heterocycles. The van der Waals surface area contributed by atoms with Gasteiger partial charge in [0.15, 0.2) is 11.0 Å². The van der Waals surface area contributed by atoms with Gasteiger partial charge in [-0.2, -0.15) is 4.57 Å². The van der Waals surface area contributed by atoms with E-state index in [0.29, 0.717) is 23.9 Å². The van der Waals surface area contributed by atoms with Crippen molar-refractivity contribution in [2.45, 2.75) is 117 Å². The largest absolute Gasteiger partial charge is 0.456 e. The molecular weight excluding hydrogens is 797 g/mol. The van der Waals surface area contributed by atoms with Gasteiger partial charge in [-0.15, -0.1) is 0 Å². The fourth-order valence-electron chi connectivity index (χ4n) is 11.1. The standard InChI is InChI=1S/C58H73N4OSi/c1-37(2)47-31-45(42-21-15-14-16-22-42)32-48(38(3)4)56(47)62-52-25-19-18-24-51(52)61-36-39(5)55(60-10)44(35-58(8,29-30-59-9)40(6)41(7)64(11,12)13)28-27-43-33-54-50(34-49(43)57(61)62)46-23-17-20-26-53(46)63-54/h14-26,29-34,37-38,40-41,44,55,59-60H,5,27-28,35-36H2,1-4,6-13H3/q+1/b30-29-/t40-,41?,44?,55?,58?/m0/s1. The Kier molecular flexibility index (Phi) is 12.8. The highest BCUT2D eigenvalue weighted by Crippen LogP contribution is 2.48. The number of rotatable bonds is 12. The lowest BCUT2D eigenvalue weighted by molar-refractivity contribution is -0.652. The number of hydrogen-bond donors (Lipinski definition) is 2. The first kappa shape index (κ1) is 45.4. The lowest BCUT2D eigenvalue weighted by Crippen LogP contribution is -2.46. The maximum absolute atomic E-state index is 6.71. The first-order valence-electron chi connectivity index (χ1n) is 24.0. The van der Waals surface area contributed by atoms with Crippen LogP contribution >= 0.6 is 0 Å². The fourth-order valence-corrected chi connectivity index (χ4v) is 13.0. The number of para-hydroxylation sites is 3. The highest BCUT2D eigenvalue weighted by molar-refractivity contribution is 6.77. The van der Waals surface area contributed by atoms with Crippen LogP contribution in [0.2, 0.25) is 25.2 Å². The minimum Gasteiger partial charge on any atom is -0.456 e. The van der Waals surface area contributed by atoms with Gasteiger partial charge in [-0.25, -0.2) is 4.57 Å². The van der Waals surface area contributed by atoms with Crippen LogP contribution in [-0.2, 0) is 13.0 Å². The molecule has 5 atom stereocenters. The summed E-state index contributed by atoms with van der Waals surface area (Å²) in [5, 5.41) is 9.56. The zero-order valence-corrected chi connectivity index (χ0v) is 41.8. The molecule has 3 heterocycles. The molecule has 5 aromatic carbocycles. The molecule has 0 saturated carbocycles. The number of nitrogens with one attached hydrogen (secondary N) is 2. The smallest absolute Gasteiger partial charge is 0.295 e. The van der Waals surface area contributed by atoms with Crippen LogP contribution in [0.3, 0.4) is 0 Å². The summed E-state index contributed by atoms with van der Waals surface area (Å²) in [5.74, 6) is 2.59. The maximum Gasteiger partial charge on any atom is 0.295 e. The van der Waals surface area contributed by atoms with Gasteiger partial charge in [0.05, 0.1) is 5.56 Å². The molecule has 1 aliphatic rings. The first-order valence-corrected chi connectivity index (χ1v) is 27.5. The van der Waals surface area contributed by atoms with Crippen molar-refractivity contribution in [1.82, 2.24) is 15.2 Å². The van der Waals surface area contributed by atoms with Crippen molar-refractivity contribution in [3.05, 3.63) is 144 Å². The van der Waals surface area contributed by atoms with Gasteiger partial charge in [-0.05, 0) is 132 Å². The van der Waals surface area contributed by atoms with Crippen molar-refractivity contribution in [2.75, 3.05) is 14.1 Å². The van der Waals surface area contributed by atoms with Crippen molar-refractivity contribution in [3.63, 3.8) is 0 Å². The second-order valence-corrected chi connectivity index (χ2v) is 26.7. The Bertz CT molecular complexity index is 2810. The van der Waals surface area contributed by atoms with Gasteiger partial charge in [0.1, 0.15) is 23.4 Å². The van der Waals surface area contributed by atoms with E-state index in [-0.39, 0.29) is 23.3 Å². The number of furan rings is 1. The number of nitrogens with zero attached hydrogens (tertiary/aromatic N) is 2. The van der Waals surface area contributed by atoms with Crippen molar-refractivity contribution in [2.24, 2.45) is 17.3 Å². The van der Waals surface area contributed by atoms with Crippen LogP contribution in [0.4, 0.5) is 0 Å². The number of aromatic nitrogens is 2. The number of allylic oxidation sites excluding steroid dienone is 1. The molecule has 5 nitrogen and oxygen atoms in total. The quantitative estimate of drug-likeness (QED) is 0.0730. The van der Waals surface area contributed by atoms with Crippen molar-refractivity contribution in [3.8, 4) is 28.2 Å². The van der Waals surface area contributed by atoms with Crippen LogP contribution < -0.4 is 15.2 Å². The van der Waals surface area contributed by atoms with Crippen LogP contribution in [0, 0.1) is 17.3 Å². The van der Waals surface area contributed by atoms with E-state index in [2.05, 4.69) is 210 Å². The maximum atomic E-state index is 6.71. The molecule has 64 heavy (non-hydrogen) atoms. The van der Waals surface area contributed by atoms with Crippen molar-refractivity contribution in [1.29, 1.82) is 0 Å². The number of hydrogen-bond acceptors (Lipinski definition) is 3. The van der Waals surface area contributed by atoms with Gasteiger partial charge < -0.3 is 15.1 Å². The third-order valence-corrected chi connectivity index (χ3v) is 18.6. The molecule has 2 N–H and O–H groups in total. The average Bonchev–Trinajstić information content (AvgIpc) is 3.80. The van der Waals surface area contributed by atoms with Crippen LogP contribution in [0.15, 0.2) is 132 Å². The van der Waals surface area contributed by atoms with E-state index in [1.807, 2.05) is 7.05 Å². The summed E-state index contributed by atoms with van der Waals surface area (Å²) in [4.78, 5) is 0. The SMILES string of the molecule is C=C1C[n+]2c(n(-c3c(C(C)C)cc(-c4ccccc4)cc3C(C)C)c3ccccc32)-c2cc3c(cc2CCC(CC(C)(/C=C\NC)[C@@H](C)C(C)[Si](C)(C)C)C1NC)oc1ccccc13. The normalized spacial score (nSPS) is 18.2. The summed E-state index contributed by atoms with van der Waals surface area (Å²) in [6.45, 7) is 30.3. The summed E-state index contributed by atoms with van der Waals surface area (Å²) in [6, 6.07) is 38.4. The molecule has 0 amide bonds. The monoisotopic (exact) mass is 870 g/mol. The number of likely N-dealkylation sites (N-methyl/N-ethyl adjacent to an activating group) is 1. The van der Waals surface area contributed by atoms with E-state index in [9.17, 15) is 0 Å². The molecular formula is C58H73N4OSi+. The topological polar surface area (TPSA) is 46.0 Å². The van der Waals surface area contributed by atoms with Crippen LogP contribution in [-0.4, -0.2) is 32.8 Å². The Morgan fingerprint density at radius 3 is 2.12 bits per heavy atom. The second-order valence-electron chi connectivity index (χ2n) is 21.0. The third-order valence-electron chi connectivity index (χ3n) is 15.3. The first-order chi connectivity index (χ1) is 30.6. The molecule has 4 unspecified atom stereocenters. The van der Waals surface area contributed by atoms with Gasteiger partial charge in [-0.3, -0.25) is 0 Å². The zero-order chi connectivity index (χ0) is 45.7. The average molecular weight is 870 g/mol. The predicted molar refractivity (Wildman–Crippen MR) is 276 cm³/mol. The van der Waals surface area contributed by atoms with E-state index in [0.717, 1.165) is 41.2 Å². The summed E-state index contributed by atoms with van der Waals surface area (Å²) in [6.07, 6.45) is 7.64. The fraction of sp³-hybridized carbons (Fsp3) is 0.397. The molecule has 6 heteroatoms. The zero-order valence-electron chi connectivity index (χ0n) is 40.8. The van der Waals surface area contributed by atoms with Gasteiger partial charge in [0.25, 0.3) is 5.82 Å². The lowest BCUT2D eigenvalue weighted by atomic mass is 9.67. The van der Waals surface area contributed by atoms with Crippen LogP contribution in [0.5, 0.6) is 0 Å². The molecule has 0 radical (unpaired) electrons. The molecule has 8 rings (SSSR count). The Balaban J connectivity index is 1.42. The van der Waals surface area contributed by atoms with Crippen LogP contribution in [0.25, 0.3) is 61.2 Å². The number of imidazole rings is 1. The molecule has 334 valence electrons. The molecule has 2 aromatic heterocycles. The van der Waals surface area contributed by atoms with Crippen molar-refractivity contribution < 1.29 is 8.98 Å². The van der Waals surface area contributed by atoms with Gasteiger partial charge in [0.2, 0.25) is 0 Å². The molecule has 0 aliphatic carbocycles. The highest BCUT2D eigenvalue weighted by atomic mass is 28.3. The summed E-state index contributed by atoms with van der Waals surface area (Å²) in [7, 11) is 2.74. The summed E-state index contributed by atoms with van der Waals surface area (Å²) >= 11 is 0. The Hall–Kier alpha value is -5.17. The van der Waals surface area contributed by atoms with E-state index < -0.39 is 8.07 Å². The number of benzene rings is 5. The Labute approximate surface area is 384 Å². The predicted octanol–water partition coefficient (Wildman–Crippen LogP) is 14.6. The van der Waals surface area contributed by atoms with E-state index >= 15 is 0 Å². The van der Waals surface area contributed by atoms with Gasteiger partial charge in [0, 0.05) is 43.1 Å².